The molecule has 0 spiro atoms. The first-order valence-electron chi connectivity index (χ1n) is 6.52. The van der Waals surface area contributed by atoms with Gasteiger partial charge in [0.15, 0.2) is 6.10 Å². The molecule has 0 radical (unpaired) electrons. The number of benzene rings is 1. The second kappa shape index (κ2) is 6.39. The second-order valence-corrected chi connectivity index (χ2v) is 5.41. The van der Waals surface area contributed by atoms with E-state index in [0.717, 1.165) is 23.2 Å². The summed E-state index contributed by atoms with van der Waals surface area (Å²) in [6.45, 7) is 4.09. The van der Waals surface area contributed by atoms with E-state index in [0.29, 0.717) is 5.56 Å². The van der Waals surface area contributed by atoms with E-state index in [9.17, 15) is 9.90 Å². The van der Waals surface area contributed by atoms with Gasteiger partial charge in [0.1, 0.15) is 0 Å². The zero-order valence-electron chi connectivity index (χ0n) is 10.9. The monoisotopic (exact) mass is 327 g/mol. The van der Waals surface area contributed by atoms with Gasteiger partial charge >= 0.3 is 5.97 Å². The first-order chi connectivity index (χ1) is 9.13. The highest BCUT2D eigenvalue weighted by atomic mass is 79.9. The van der Waals surface area contributed by atoms with Crippen LogP contribution in [0.25, 0.3) is 0 Å². The second-order valence-electron chi connectivity index (χ2n) is 4.56. The van der Waals surface area contributed by atoms with Crippen molar-refractivity contribution in [1.82, 2.24) is 0 Å². The van der Waals surface area contributed by atoms with Crippen LogP contribution in [0.2, 0.25) is 0 Å². The summed E-state index contributed by atoms with van der Waals surface area (Å²) in [4.78, 5) is 13.8. The smallest absolute Gasteiger partial charge is 0.339 e. The maximum atomic E-state index is 11.5. The van der Waals surface area contributed by atoms with Gasteiger partial charge in [0.05, 0.1) is 12.3 Å². The number of aliphatic hydroxyl groups excluding tert-OH is 1. The zero-order valence-corrected chi connectivity index (χ0v) is 12.5. The van der Waals surface area contributed by atoms with Gasteiger partial charge in [-0.2, -0.15) is 0 Å². The number of halogens is 1. The molecule has 1 saturated heterocycles. The lowest BCUT2D eigenvalue weighted by Gasteiger charge is -2.20. The van der Waals surface area contributed by atoms with Gasteiger partial charge in [-0.05, 0) is 53.4 Å². The van der Waals surface area contributed by atoms with E-state index in [1.165, 1.54) is 12.8 Å². The lowest BCUT2D eigenvalue weighted by molar-refractivity contribution is -0.153. The first-order valence-corrected chi connectivity index (χ1v) is 7.32. The Balaban J connectivity index is 2.16. The van der Waals surface area contributed by atoms with Crippen LogP contribution in [-0.2, 0) is 9.53 Å². The lowest BCUT2D eigenvalue weighted by atomic mass is 10.1. The van der Waals surface area contributed by atoms with E-state index in [-0.39, 0.29) is 6.61 Å². The average Bonchev–Trinajstić information content (AvgIpc) is 2.91. The molecule has 1 unspecified atom stereocenters. The molecule has 104 valence electrons. The average molecular weight is 328 g/mol. The van der Waals surface area contributed by atoms with E-state index in [1.54, 1.807) is 19.1 Å². The molecule has 0 amide bonds. The third-order valence-corrected chi connectivity index (χ3v) is 3.88. The number of hydrogen-bond acceptors (Lipinski definition) is 4. The fourth-order valence-electron chi connectivity index (χ4n) is 2.26. The maximum Gasteiger partial charge on any atom is 0.339 e. The summed E-state index contributed by atoms with van der Waals surface area (Å²) in [6.07, 6.45) is 1.20. The van der Waals surface area contributed by atoms with Gasteiger partial charge in [-0.1, -0.05) is 6.07 Å². The van der Waals surface area contributed by atoms with Crippen LogP contribution in [0.3, 0.4) is 0 Å². The summed E-state index contributed by atoms with van der Waals surface area (Å²) in [7, 11) is 0. The highest BCUT2D eigenvalue weighted by Crippen LogP contribution is 2.31. The van der Waals surface area contributed by atoms with Crippen LogP contribution in [0.1, 0.15) is 31.4 Å². The number of aliphatic hydroxyl groups is 1. The molecule has 4 nitrogen and oxygen atoms in total. The van der Waals surface area contributed by atoms with Crippen molar-refractivity contribution in [2.45, 2.75) is 25.9 Å². The molecular formula is C14H18BrNO3. The Morgan fingerprint density at radius 2 is 2.16 bits per heavy atom. The Bertz CT molecular complexity index is 458. The molecule has 1 aromatic rings. The first kappa shape index (κ1) is 14.3. The number of nitrogens with zero attached hydrogens (tertiary/aromatic N) is 1. The molecule has 0 aromatic heterocycles. The summed E-state index contributed by atoms with van der Waals surface area (Å²) < 4.78 is 5.71. The molecule has 1 aliphatic heterocycles. The van der Waals surface area contributed by atoms with Gasteiger partial charge in [0.2, 0.25) is 0 Å². The van der Waals surface area contributed by atoms with E-state index in [2.05, 4.69) is 20.8 Å². The molecule has 1 fully saturated rings. The van der Waals surface area contributed by atoms with Gasteiger partial charge < -0.3 is 14.7 Å². The largest absolute Gasteiger partial charge is 0.464 e. The molecule has 0 aliphatic carbocycles. The molecule has 0 bridgehead atoms. The third kappa shape index (κ3) is 3.28. The highest BCUT2D eigenvalue weighted by Gasteiger charge is 2.21. The topological polar surface area (TPSA) is 49.8 Å². The Kier molecular flexibility index (Phi) is 4.82. The normalized spacial score (nSPS) is 16.5. The Morgan fingerprint density at radius 1 is 1.47 bits per heavy atom. The van der Waals surface area contributed by atoms with Gasteiger partial charge in [-0.15, -0.1) is 0 Å². The summed E-state index contributed by atoms with van der Waals surface area (Å²) in [5, 5.41) is 9.89. The van der Waals surface area contributed by atoms with Crippen molar-refractivity contribution >= 4 is 27.6 Å². The molecule has 19 heavy (non-hydrogen) atoms. The number of anilines is 1. The van der Waals surface area contributed by atoms with Crippen LogP contribution in [0.5, 0.6) is 0 Å². The minimum atomic E-state index is -1.22. The molecule has 5 heteroatoms. The summed E-state index contributed by atoms with van der Waals surface area (Å²) in [5.74, 6) is -0.608. The molecule has 1 N–H and O–H groups in total. The van der Waals surface area contributed by atoms with E-state index in [4.69, 9.17) is 4.74 Å². The Labute approximate surface area is 121 Å². The van der Waals surface area contributed by atoms with Crippen LogP contribution in [0.4, 0.5) is 5.69 Å². The number of carbonyl (C=O) groups excluding carboxylic acids is 1. The molecule has 2 rings (SSSR count). The highest BCUT2D eigenvalue weighted by molar-refractivity contribution is 9.10. The fraction of sp³-hybridized carbons (Fsp3) is 0.500. The maximum absolute atomic E-state index is 11.5. The van der Waals surface area contributed by atoms with Crippen molar-refractivity contribution in [2.24, 2.45) is 0 Å². The molecule has 1 aromatic carbocycles. The number of hydrogen-bond donors (Lipinski definition) is 1. The van der Waals surface area contributed by atoms with Gasteiger partial charge in [0, 0.05) is 17.6 Å². The predicted molar refractivity (Wildman–Crippen MR) is 77.2 cm³/mol. The van der Waals surface area contributed by atoms with E-state index < -0.39 is 12.1 Å². The molecule has 1 heterocycles. The van der Waals surface area contributed by atoms with Crippen LogP contribution in [0, 0.1) is 0 Å². The van der Waals surface area contributed by atoms with Crippen molar-refractivity contribution < 1.29 is 14.6 Å². The van der Waals surface area contributed by atoms with Crippen LogP contribution >= 0.6 is 15.9 Å². The molecule has 1 aliphatic rings. The number of ether oxygens (including phenoxy) is 1. The molecule has 1 atom stereocenters. The van der Waals surface area contributed by atoms with Crippen molar-refractivity contribution in [3.63, 3.8) is 0 Å². The minimum absolute atomic E-state index is 0.267. The van der Waals surface area contributed by atoms with Crippen molar-refractivity contribution in [3.8, 4) is 0 Å². The van der Waals surface area contributed by atoms with Crippen LogP contribution in [0.15, 0.2) is 22.7 Å². The van der Waals surface area contributed by atoms with Gasteiger partial charge in [-0.3, -0.25) is 0 Å². The van der Waals surface area contributed by atoms with Crippen molar-refractivity contribution in [1.29, 1.82) is 0 Å². The summed E-state index contributed by atoms with van der Waals surface area (Å²) in [5.41, 5.74) is 1.66. The molecule has 0 saturated carbocycles. The SMILES string of the molecule is CCOC(=O)C(O)c1ccc(N2CCCC2)c(Br)c1. The van der Waals surface area contributed by atoms with Crippen molar-refractivity contribution in [2.75, 3.05) is 24.6 Å². The standard InChI is InChI=1S/C14H18BrNO3/c1-2-19-14(18)13(17)10-5-6-12(11(15)9-10)16-7-3-4-8-16/h5-6,9,13,17H,2-4,7-8H2,1H3. The fourth-order valence-corrected chi connectivity index (χ4v) is 2.91. The van der Waals surface area contributed by atoms with Gasteiger partial charge in [-0.25, -0.2) is 4.79 Å². The third-order valence-electron chi connectivity index (χ3n) is 3.24. The van der Waals surface area contributed by atoms with Crippen LogP contribution in [-0.4, -0.2) is 30.8 Å². The quantitative estimate of drug-likeness (QED) is 0.864. The minimum Gasteiger partial charge on any atom is -0.464 e. The van der Waals surface area contributed by atoms with E-state index in [1.807, 2.05) is 6.07 Å². The number of carbonyl (C=O) groups is 1. The zero-order chi connectivity index (χ0) is 13.8. The predicted octanol–water partition coefficient (Wildman–Crippen LogP) is 2.65. The Hall–Kier alpha value is -1.07. The van der Waals surface area contributed by atoms with Crippen LogP contribution < -0.4 is 4.90 Å². The Morgan fingerprint density at radius 3 is 2.74 bits per heavy atom. The number of rotatable bonds is 4. The van der Waals surface area contributed by atoms with Gasteiger partial charge in [0.25, 0.3) is 0 Å². The number of esters is 1. The van der Waals surface area contributed by atoms with Crippen molar-refractivity contribution in [3.05, 3.63) is 28.2 Å². The lowest BCUT2D eigenvalue weighted by Crippen LogP contribution is -2.19. The van der Waals surface area contributed by atoms with E-state index >= 15 is 0 Å². The summed E-state index contributed by atoms with van der Waals surface area (Å²) in [6, 6.07) is 5.50. The summed E-state index contributed by atoms with van der Waals surface area (Å²) >= 11 is 3.51. The molecular weight excluding hydrogens is 310 g/mol.